The van der Waals surface area contributed by atoms with Gasteiger partial charge in [0.1, 0.15) is 0 Å². The molecule has 3 aromatic carbocycles. The molecule has 156 valence electrons. The number of hydrogen-bond acceptors (Lipinski definition) is 3. The van der Waals surface area contributed by atoms with Gasteiger partial charge in [-0.15, -0.1) is 0 Å². The van der Waals surface area contributed by atoms with Crippen LogP contribution in [-0.2, 0) is 4.79 Å². The number of rotatable bonds is 8. The molecule has 1 fully saturated rings. The number of carbonyl (C=O) groups is 3. The summed E-state index contributed by atoms with van der Waals surface area (Å²) in [6.07, 6.45) is 1.25. The van der Waals surface area contributed by atoms with E-state index in [0.29, 0.717) is 29.0 Å². The molecular weight excluding hydrogens is 538 g/mol. The fourth-order valence-corrected chi connectivity index (χ4v) is 7.77. The minimum atomic E-state index is -1.22. The molecule has 0 spiro atoms. The standard InChI is InChI=1S/C24H19As2ClO4/c27-20-11-7-17(8-12-20)21(28)25-19-9-5-16(6-10-19)15-1-3-18(4-2-15)22(29)26-24(13-14-24)23(30)31/h1-12,25-26H,13-14H2,(H,30,31). The van der Waals surface area contributed by atoms with Gasteiger partial charge in [0.05, 0.1) is 0 Å². The van der Waals surface area contributed by atoms with Crippen LogP contribution in [0.3, 0.4) is 0 Å². The zero-order valence-electron chi connectivity index (χ0n) is 16.4. The first-order chi connectivity index (χ1) is 14.9. The molecular formula is C24H19As2ClO4. The van der Waals surface area contributed by atoms with Gasteiger partial charge < -0.3 is 0 Å². The van der Waals surface area contributed by atoms with Crippen LogP contribution in [0.1, 0.15) is 33.6 Å². The van der Waals surface area contributed by atoms with Crippen LogP contribution in [0.5, 0.6) is 0 Å². The van der Waals surface area contributed by atoms with Gasteiger partial charge in [-0.1, -0.05) is 0 Å². The van der Waals surface area contributed by atoms with Gasteiger partial charge in [0.15, 0.2) is 0 Å². The van der Waals surface area contributed by atoms with Crippen LogP contribution < -0.4 is 4.35 Å². The van der Waals surface area contributed by atoms with E-state index in [1.54, 1.807) is 36.4 Å². The fourth-order valence-electron chi connectivity index (χ4n) is 3.17. The molecule has 0 saturated heterocycles. The summed E-state index contributed by atoms with van der Waals surface area (Å²) in [4.78, 5) is 36.3. The monoisotopic (exact) mass is 556 g/mol. The maximum absolute atomic E-state index is 12.5. The van der Waals surface area contributed by atoms with E-state index in [0.717, 1.165) is 15.5 Å². The zero-order chi connectivity index (χ0) is 22.0. The zero-order valence-corrected chi connectivity index (χ0v) is 21.3. The molecule has 1 aliphatic rings. The summed E-state index contributed by atoms with van der Waals surface area (Å²) in [5, 5.41) is 9.92. The second-order valence-electron chi connectivity index (χ2n) is 7.46. The van der Waals surface area contributed by atoms with Crippen molar-refractivity contribution in [2.45, 2.75) is 17.0 Å². The van der Waals surface area contributed by atoms with Crippen molar-refractivity contribution in [2.24, 2.45) is 0 Å². The van der Waals surface area contributed by atoms with E-state index in [4.69, 9.17) is 11.6 Å². The SMILES string of the molecule is O=C([AsH]c1ccc(-c2ccc(C(=O)[AsH]C3(C(=O)O)CC3)cc2)cc1)c1ccc(Cl)cc1. The van der Waals surface area contributed by atoms with Gasteiger partial charge in [-0.2, -0.15) is 0 Å². The van der Waals surface area contributed by atoms with Crippen LogP contribution >= 0.6 is 11.6 Å². The van der Waals surface area contributed by atoms with E-state index in [2.05, 4.69) is 0 Å². The quantitative estimate of drug-likeness (QED) is 0.431. The molecule has 0 aromatic heterocycles. The van der Waals surface area contributed by atoms with Crippen molar-refractivity contribution in [1.29, 1.82) is 0 Å². The first-order valence-electron chi connectivity index (χ1n) is 9.70. The molecule has 7 heteroatoms. The molecule has 1 N–H and O–H groups in total. The molecule has 3 aromatic rings. The molecule has 2 unspecified atom stereocenters. The van der Waals surface area contributed by atoms with E-state index in [1.807, 2.05) is 36.4 Å². The van der Waals surface area contributed by atoms with Crippen LogP contribution in [0, 0.1) is 0 Å². The molecule has 2 atom stereocenters. The van der Waals surface area contributed by atoms with Gasteiger partial charge >= 0.3 is 199 Å². The third-order valence-electron chi connectivity index (χ3n) is 5.24. The number of halogens is 1. The molecule has 0 bridgehead atoms. The predicted molar refractivity (Wildman–Crippen MR) is 125 cm³/mol. The summed E-state index contributed by atoms with van der Waals surface area (Å²) in [7, 11) is 0. The van der Waals surface area contributed by atoms with Crippen molar-refractivity contribution in [3.63, 3.8) is 0 Å². The van der Waals surface area contributed by atoms with Crippen LogP contribution in [-0.4, -0.2) is 51.7 Å². The van der Waals surface area contributed by atoms with Gasteiger partial charge in [-0.05, 0) is 0 Å². The fraction of sp³-hybridized carbons (Fsp3) is 0.125. The average Bonchev–Trinajstić information content (AvgIpc) is 3.56. The molecule has 0 aliphatic heterocycles. The minimum absolute atomic E-state index is 0.00657. The van der Waals surface area contributed by atoms with E-state index in [9.17, 15) is 19.5 Å². The Balaban J connectivity index is 1.41. The summed E-state index contributed by atoms with van der Waals surface area (Å²) >= 11 is 3.70. The molecule has 1 aliphatic carbocycles. The number of benzene rings is 3. The summed E-state index contributed by atoms with van der Waals surface area (Å²) in [6, 6.07) is 22.3. The van der Waals surface area contributed by atoms with Crippen molar-refractivity contribution >= 4 is 62.6 Å². The number of hydrogen-bond donors (Lipinski definition) is 1. The molecule has 0 radical (unpaired) electrons. The van der Waals surface area contributed by atoms with Gasteiger partial charge in [-0.25, -0.2) is 0 Å². The molecule has 31 heavy (non-hydrogen) atoms. The average molecular weight is 557 g/mol. The van der Waals surface area contributed by atoms with Crippen LogP contribution in [0.15, 0.2) is 72.8 Å². The molecule has 0 heterocycles. The van der Waals surface area contributed by atoms with Crippen molar-refractivity contribution in [3.05, 3.63) is 88.9 Å². The Kier molecular flexibility index (Phi) is 6.53. The van der Waals surface area contributed by atoms with E-state index >= 15 is 0 Å². The Morgan fingerprint density at radius 3 is 1.74 bits per heavy atom. The topological polar surface area (TPSA) is 71.4 Å². The number of carboxylic acids is 1. The van der Waals surface area contributed by atoms with E-state index < -0.39 is 41.7 Å². The Hall–Kier alpha value is -2.12. The van der Waals surface area contributed by atoms with Crippen molar-refractivity contribution in [2.75, 3.05) is 0 Å². The Morgan fingerprint density at radius 1 is 0.742 bits per heavy atom. The number of carboxylic acid groups (broad SMARTS) is 1. The predicted octanol–water partition coefficient (Wildman–Crippen LogP) is 3.52. The molecule has 4 nitrogen and oxygen atoms in total. The Bertz CT molecular complexity index is 1140. The summed E-state index contributed by atoms with van der Waals surface area (Å²) in [5.41, 5.74) is 3.26. The Labute approximate surface area is 198 Å². The van der Waals surface area contributed by atoms with Crippen molar-refractivity contribution in [1.82, 2.24) is 0 Å². The van der Waals surface area contributed by atoms with Gasteiger partial charge in [0.25, 0.3) is 0 Å². The first-order valence-corrected chi connectivity index (χ1v) is 14.3. The maximum atomic E-state index is 12.5. The third kappa shape index (κ3) is 5.21. The third-order valence-corrected chi connectivity index (χ3v) is 11.5. The summed E-state index contributed by atoms with van der Waals surface area (Å²) < 4.78 is 0.474. The number of carbonyl (C=O) groups excluding carboxylic acids is 2. The summed E-state index contributed by atoms with van der Waals surface area (Å²) in [5.74, 6) is -0.824. The van der Waals surface area contributed by atoms with Gasteiger partial charge in [-0.3, -0.25) is 0 Å². The van der Waals surface area contributed by atoms with Gasteiger partial charge in [0, 0.05) is 0 Å². The molecule has 1 saturated carbocycles. The normalized spacial score (nSPS) is 14.9. The van der Waals surface area contributed by atoms with Crippen LogP contribution in [0.4, 0.5) is 0 Å². The molecule has 4 rings (SSSR count). The van der Waals surface area contributed by atoms with E-state index in [1.165, 1.54) is 0 Å². The molecule has 0 amide bonds. The van der Waals surface area contributed by atoms with Gasteiger partial charge in [0.2, 0.25) is 0 Å². The van der Waals surface area contributed by atoms with Crippen molar-refractivity contribution < 1.29 is 19.5 Å². The van der Waals surface area contributed by atoms with Crippen LogP contribution in [0.2, 0.25) is 9.23 Å². The van der Waals surface area contributed by atoms with Crippen LogP contribution in [0.25, 0.3) is 11.1 Å². The Morgan fingerprint density at radius 2 is 1.23 bits per heavy atom. The first kappa shape index (κ1) is 22.1. The van der Waals surface area contributed by atoms with Crippen molar-refractivity contribution in [3.8, 4) is 11.1 Å². The number of aliphatic carboxylic acids is 1. The second-order valence-corrected chi connectivity index (χ2v) is 14.1. The summed E-state index contributed by atoms with van der Waals surface area (Å²) in [6.45, 7) is 0. The second kappa shape index (κ2) is 9.16. The van der Waals surface area contributed by atoms with E-state index in [-0.39, 0.29) is 9.14 Å².